The molecule has 0 amide bonds. The summed E-state index contributed by atoms with van der Waals surface area (Å²) in [5, 5.41) is 9.27. The molecule has 0 radical (unpaired) electrons. The van der Waals surface area contributed by atoms with Crippen LogP contribution in [0.15, 0.2) is 0 Å². The van der Waals surface area contributed by atoms with Crippen molar-refractivity contribution in [3.8, 4) is 0 Å². The van der Waals surface area contributed by atoms with Crippen molar-refractivity contribution in [3.05, 3.63) is 0 Å². The molecule has 0 bridgehead atoms. The van der Waals surface area contributed by atoms with Crippen molar-refractivity contribution >= 4 is 5.78 Å². The summed E-state index contributed by atoms with van der Waals surface area (Å²) >= 11 is 0. The Labute approximate surface area is 68.6 Å². The minimum atomic E-state index is -0.829. The molecule has 0 aliphatic rings. The number of rotatable bonds is 5. The van der Waals surface area contributed by atoms with Crippen LogP contribution in [0.3, 0.4) is 0 Å². The summed E-state index contributed by atoms with van der Waals surface area (Å²) in [7, 11) is 0. The van der Waals surface area contributed by atoms with E-state index < -0.39 is 5.60 Å². The van der Waals surface area contributed by atoms with Gasteiger partial charge in [-0.3, -0.25) is 4.79 Å². The third-order valence-electron chi connectivity index (χ3n) is 1.44. The summed E-state index contributed by atoms with van der Waals surface area (Å²) in [6.07, 6.45) is 2.88. The lowest BCUT2D eigenvalue weighted by Crippen LogP contribution is -2.23. The van der Waals surface area contributed by atoms with Crippen LogP contribution in [-0.2, 0) is 4.79 Å². The van der Waals surface area contributed by atoms with E-state index in [1.165, 1.54) is 0 Å². The van der Waals surface area contributed by atoms with Crippen LogP contribution < -0.4 is 0 Å². The third-order valence-corrected chi connectivity index (χ3v) is 1.44. The molecule has 0 rings (SSSR count). The number of Topliss-reactive ketones (excluding diaryl/α,β-unsaturated/α-hetero) is 1. The number of unbranched alkanes of at least 4 members (excludes halogenated alkanes) is 1. The smallest absolute Gasteiger partial charge is 0.135 e. The van der Waals surface area contributed by atoms with Crippen molar-refractivity contribution in [1.82, 2.24) is 0 Å². The van der Waals surface area contributed by atoms with Gasteiger partial charge in [0.2, 0.25) is 0 Å². The highest BCUT2D eigenvalue weighted by Gasteiger charge is 2.16. The highest BCUT2D eigenvalue weighted by Crippen LogP contribution is 2.10. The van der Waals surface area contributed by atoms with E-state index in [-0.39, 0.29) is 12.2 Å². The van der Waals surface area contributed by atoms with Gasteiger partial charge in [0, 0.05) is 12.8 Å². The summed E-state index contributed by atoms with van der Waals surface area (Å²) < 4.78 is 0. The molecule has 2 nitrogen and oxygen atoms in total. The largest absolute Gasteiger partial charge is 0.390 e. The standard InChI is InChI=1S/C9H18O2/c1-4-5-6-8(10)7-9(2,3)11/h11H,4-7H2,1-3H3. The van der Waals surface area contributed by atoms with Crippen LogP contribution in [0.4, 0.5) is 0 Å². The zero-order valence-corrected chi connectivity index (χ0v) is 7.68. The van der Waals surface area contributed by atoms with Crippen LogP contribution in [0.5, 0.6) is 0 Å². The van der Waals surface area contributed by atoms with E-state index in [0.717, 1.165) is 12.8 Å². The van der Waals surface area contributed by atoms with E-state index in [1.807, 2.05) is 0 Å². The van der Waals surface area contributed by atoms with Gasteiger partial charge in [0.15, 0.2) is 0 Å². The van der Waals surface area contributed by atoms with Crippen molar-refractivity contribution in [2.45, 2.75) is 52.1 Å². The molecule has 2 heteroatoms. The molecule has 0 heterocycles. The Morgan fingerprint density at radius 3 is 2.36 bits per heavy atom. The second-order valence-electron chi connectivity index (χ2n) is 3.63. The third kappa shape index (κ3) is 7.53. The molecule has 66 valence electrons. The lowest BCUT2D eigenvalue weighted by Gasteiger charge is -2.15. The summed E-state index contributed by atoms with van der Waals surface area (Å²) in [6, 6.07) is 0. The SMILES string of the molecule is CCCCC(=O)CC(C)(C)O. The molecular formula is C9H18O2. The molecule has 0 aromatic carbocycles. The second kappa shape index (κ2) is 4.50. The lowest BCUT2D eigenvalue weighted by atomic mass is 9.99. The van der Waals surface area contributed by atoms with Crippen molar-refractivity contribution < 1.29 is 9.90 Å². The summed E-state index contributed by atoms with van der Waals surface area (Å²) in [5.41, 5.74) is -0.829. The van der Waals surface area contributed by atoms with Gasteiger partial charge in [-0.15, -0.1) is 0 Å². The average molecular weight is 158 g/mol. The molecule has 11 heavy (non-hydrogen) atoms. The van der Waals surface area contributed by atoms with Gasteiger partial charge in [-0.2, -0.15) is 0 Å². The summed E-state index contributed by atoms with van der Waals surface area (Å²) in [4.78, 5) is 11.1. The first-order valence-electron chi connectivity index (χ1n) is 4.20. The Balaban J connectivity index is 3.53. The lowest BCUT2D eigenvalue weighted by molar-refractivity contribution is -0.122. The minimum absolute atomic E-state index is 0.166. The molecule has 1 N–H and O–H groups in total. The Morgan fingerprint density at radius 1 is 1.45 bits per heavy atom. The number of ketones is 1. The van der Waals surface area contributed by atoms with Crippen LogP contribution in [0.2, 0.25) is 0 Å². The van der Waals surface area contributed by atoms with Crippen molar-refractivity contribution in [2.75, 3.05) is 0 Å². The molecule has 0 spiro atoms. The van der Waals surface area contributed by atoms with Gasteiger partial charge in [-0.05, 0) is 20.3 Å². The predicted octanol–water partition coefficient (Wildman–Crippen LogP) is 1.91. The summed E-state index contributed by atoms with van der Waals surface area (Å²) in [6.45, 7) is 5.38. The van der Waals surface area contributed by atoms with Gasteiger partial charge < -0.3 is 5.11 Å². The molecule has 0 saturated carbocycles. The van der Waals surface area contributed by atoms with Crippen LogP contribution in [0.25, 0.3) is 0 Å². The van der Waals surface area contributed by atoms with E-state index >= 15 is 0 Å². The highest BCUT2D eigenvalue weighted by molar-refractivity contribution is 5.79. The average Bonchev–Trinajstić information content (AvgIpc) is 1.79. The Kier molecular flexibility index (Phi) is 4.34. The minimum Gasteiger partial charge on any atom is -0.390 e. The Hall–Kier alpha value is -0.370. The number of hydrogen-bond acceptors (Lipinski definition) is 2. The van der Waals surface area contributed by atoms with E-state index in [0.29, 0.717) is 6.42 Å². The van der Waals surface area contributed by atoms with E-state index in [4.69, 9.17) is 0 Å². The molecule has 0 aliphatic carbocycles. The first kappa shape index (κ1) is 10.6. The van der Waals surface area contributed by atoms with Gasteiger partial charge in [-0.25, -0.2) is 0 Å². The second-order valence-corrected chi connectivity index (χ2v) is 3.63. The van der Waals surface area contributed by atoms with Crippen molar-refractivity contribution in [3.63, 3.8) is 0 Å². The molecule has 0 fully saturated rings. The molecule has 0 aromatic rings. The molecule has 0 atom stereocenters. The zero-order chi connectivity index (χ0) is 8.91. The molecule has 0 aliphatic heterocycles. The van der Waals surface area contributed by atoms with Gasteiger partial charge in [0.25, 0.3) is 0 Å². The Morgan fingerprint density at radius 2 is 2.00 bits per heavy atom. The van der Waals surface area contributed by atoms with Gasteiger partial charge in [0.05, 0.1) is 5.60 Å². The fraction of sp³-hybridized carbons (Fsp3) is 0.889. The first-order valence-corrected chi connectivity index (χ1v) is 4.20. The monoisotopic (exact) mass is 158 g/mol. The van der Waals surface area contributed by atoms with E-state index in [1.54, 1.807) is 13.8 Å². The maximum atomic E-state index is 11.1. The van der Waals surface area contributed by atoms with E-state index in [9.17, 15) is 9.90 Å². The molecular weight excluding hydrogens is 140 g/mol. The fourth-order valence-corrected chi connectivity index (χ4v) is 0.945. The topological polar surface area (TPSA) is 37.3 Å². The summed E-state index contributed by atoms with van der Waals surface area (Å²) in [5.74, 6) is 0.166. The number of hydrogen-bond donors (Lipinski definition) is 1. The molecule has 0 aromatic heterocycles. The van der Waals surface area contributed by atoms with Crippen LogP contribution in [0.1, 0.15) is 46.5 Å². The van der Waals surface area contributed by atoms with Crippen LogP contribution in [0, 0.1) is 0 Å². The number of carbonyl (C=O) groups is 1. The number of carbonyl (C=O) groups excluding carboxylic acids is 1. The van der Waals surface area contributed by atoms with Gasteiger partial charge in [0.1, 0.15) is 5.78 Å². The zero-order valence-electron chi connectivity index (χ0n) is 7.68. The van der Waals surface area contributed by atoms with Gasteiger partial charge >= 0.3 is 0 Å². The molecule has 0 unspecified atom stereocenters. The normalized spacial score (nSPS) is 11.6. The fourth-order valence-electron chi connectivity index (χ4n) is 0.945. The molecule has 0 saturated heterocycles. The maximum absolute atomic E-state index is 11.1. The highest BCUT2D eigenvalue weighted by atomic mass is 16.3. The van der Waals surface area contributed by atoms with Crippen LogP contribution in [-0.4, -0.2) is 16.5 Å². The Bertz CT molecular complexity index is 122. The number of aliphatic hydroxyl groups is 1. The maximum Gasteiger partial charge on any atom is 0.135 e. The van der Waals surface area contributed by atoms with Crippen molar-refractivity contribution in [2.24, 2.45) is 0 Å². The van der Waals surface area contributed by atoms with Gasteiger partial charge in [-0.1, -0.05) is 13.3 Å². The van der Waals surface area contributed by atoms with Crippen molar-refractivity contribution in [1.29, 1.82) is 0 Å². The van der Waals surface area contributed by atoms with E-state index in [2.05, 4.69) is 6.92 Å². The quantitative estimate of drug-likeness (QED) is 0.663. The predicted molar refractivity (Wildman–Crippen MR) is 45.4 cm³/mol. The first-order chi connectivity index (χ1) is 4.95. The van der Waals surface area contributed by atoms with Crippen LogP contribution >= 0.6 is 0 Å².